The van der Waals surface area contributed by atoms with Gasteiger partial charge >= 0.3 is 0 Å². The lowest BCUT2D eigenvalue weighted by atomic mass is 9.83. The molecule has 1 saturated heterocycles. The van der Waals surface area contributed by atoms with Gasteiger partial charge in [-0.1, -0.05) is 6.07 Å². The fourth-order valence-corrected chi connectivity index (χ4v) is 3.24. The van der Waals surface area contributed by atoms with Gasteiger partial charge in [0.25, 0.3) is 0 Å². The molecule has 1 aliphatic heterocycles. The SMILES string of the molecule is C[C@@H](C(=O)N1CCC(O)(c2c(F)cccc2F)CC1)S(C)(=O)=O. The molecule has 1 heterocycles. The van der Waals surface area contributed by atoms with Crippen molar-refractivity contribution in [3.05, 3.63) is 35.4 Å². The van der Waals surface area contributed by atoms with Crippen molar-refractivity contribution in [3.63, 3.8) is 0 Å². The van der Waals surface area contributed by atoms with Crippen molar-refractivity contribution in [2.75, 3.05) is 19.3 Å². The molecular weight excluding hydrogens is 328 g/mol. The maximum atomic E-state index is 13.9. The summed E-state index contributed by atoms with van der Waals surface area (Å²) in [6, 6.07) is 3.35. The summed E-state index contributed by atoms with van der Waals surface area (Å²) >= 11 is 0. The van der Waals surface area contributed by atoms with Crippen LogP contribution in [-0.4, -0.2) is 48.9 Å². The molecule has 0 bridgehead atoms. The highest BCUT2D eigenvalue weighted by Gasteiger charge is 2.40. The van der Waals surface area contributed by atoms with Crippen LogP contribution in [0.1, 0.15) is 25.3 Å². The Morgan fingerprint density at radius 1 is 1.26 bits per heavy atom. The van der Waals surface area contributed by atoms with Crippen LogP contribution in [-0.2, 0) is 20.2 Å². The molecule has 1 N–H and O–H groups in total. The quantitative estimate of drug-likeness (QED) is 0.892. The topological polar surface area (TPSA) is 74.7 Å². The molecule has 0 aromatic heterocycles. The highest BCUT2D eigenvalue weighted by Crippen LogP contribution is 2.36. The van der Waals surface area contributed by atoms with E-state index in [0.717, 1.165) is 18.4 Å². The molecule has 0 aliphatic carbocycles. The first-order valence-electron chi connectivity index (χ1n) is 7.21. The first kappa shape index (κ1) is 17.8. The van der Waals surface area contributed by atoms with Crippen molar-refractivity contribution in [3.8, 4) is 0 Å². The predicted octanol–water partition coefficient (Wildman–Crippen LogP) is 1.21. The maximum Gasteiger partial charge on any atom is 0.240 e. The minimum Gasteiger partial charge on any atom is -0.385 e. The second kappa shape index (κ2) is 6.16. The Kier molecular flexibility index (Phi) is 4.77. The summed E-state index contributed by atoms with van der Waals surface area (Å²) in [6.07, 6.45) is 0.852. The van der Waals surface area contributed by atoms with Crippen LogP contribution in [0.15, 0.2) is 18.2 Å². The van der Waals surface area contributed by atoms with E-state index in [0.29, 0.717) is 0 Å². The van der Waals surface area contributed by atoms with Crippen LogP contribution < -0.4 is 0 Å². The second-order valence-electron chi connectivity index (χ2n) is 5.93. The summed E-state index contributed by atoms with van der Waals surface area (Å²) in [5.41, 5.74) is -2.11. The summed E-state index contributed by atoms with van der Waals surface area (Å²) in [7, 11) is -3.52. The highest BCUT2D eigenvalue weighted by molar-refractivity contribution is 7.92. The summed E-state index contributed by atoms with van der Waals surface area (Å²) in [5.74, 6) is -2.24. The van der Waals surface area contributed by atoms with Gasteiger partial charge in [-0.3, -0.25) is 4.79 Å². The van der Waals surface area contributed by atoms with Crippen molar-refractivity contribution in [1.29, 1.82) is 0 Å². The number of nitrogens with zero attached hydrogens (tertiary/aromatic N) is 1. The Labute approximate surface area is 133 Å². The van der Waals surface area contributed by atoms with Crippen LogP contribution in [0.3, 0.4) is 0 Å². The van der Waals surface area contributed by atoms with Crippen LogP contribution in [0.5, 0.6) is 0 Å². The minimum absolute atomic E-state index is 0.0307. The summed E-state index contributed by atoms with van der Waals surface area (Å²) in [5, 5.41) is 9.38. The van der Waals surface area contributed by atoms with Gasteiger partial charge in [0.2, 0.25) is 5.91 Å². The molecule has 0 saturated carbocycles. The number of rotatable bonds is 3. The van der Waals surface area contributed by atoms with Crippen molar-refractivity contribution in [2.45, 2.75) is 30.6 Å². The van der Waals surface area contributed by atoms with E-state index < -0.39 is 43.8 Å². The highest BCUT2D eigenvalue weighted by atomic mass is 32.2. The Balaban J connectivity index is 2.16. The average molecular weight is 347 g/mol. The third kappa shape index (κ3) is 3.53. The van der Waals surface area contributed by atoms with Gasteiger partial charge < -0.3 is 10.0 Å². The third-order valence-electron chi connectivity index (χ3n) is 4.32. The molecule has 1 aliphatic rings. The van der Waals surface area contributed by atoms with Crippen LogP contribution in [0.2, 0.25) is 0 Å². The van der Waals surface area contributed by atoms with E-state index in [4.69, 9.17) is 0 Å². The molecule has 8 heteroatoms. The van der Waals surface area contributed by atoms with Gasteiger partial charge in [0.1, 0.15) is 16.9 Å². The number of amides is 1. The largest absolute Gasteiger partial charge is 0.385 e. The zero-order valence-corrected chi connectivity index (χ0v) is 13.7. The van der Waals surface area contributed by atoms with E-state index in [1.807, 2.05) is 0 Å². The predicted molar refractivity (Wildman–Crippen MR) is 80.4 cm³/mol. The fraction of sp³-hybridized carbons (Fsp3) is 0.533. The fourth-order valence-electron chi connectivity index (χ4n) is 2.73. The minimum atomic E-state index is -3.52. The Morgan fingerprint density at radius 3 is 2.17 bits per heavy atom. The number of carbonyl (C=O) groups excluding carboxylic acids is 1. The van der Waals surface area contributed by atoms with Crippen LogP contribution in [0, 0.1) is 11.6 Å². The second-order valence-corrected chi connectivity index (χ2v) is 8.29. The van der Waals surface area contributed by atoms with Gasteiger partial charge in [0.05, 0.1) is 11.2 Å². The Morgan fingerprint density at radius 2 is 1.74 bits per heavy atom. The van der Waals surface area contributed by atoms with Crippen LogP contribution >= 0.6 is 0 Å². The molecule has 1 aromatic rings. The summed E-state index contributed by atoms with van der Waals surface area (Å²) in [6.45, 7) is 1.36. The van der Waals surface area contributed by atoms with Gasteiger partial charge in [-0.05, 0) is 31.9 Å². The molecule has 1 amide bonds. The number of benzene rings is 1. The number of sulfone groups is 1. The van der Waals surface area contributed by atoms with E-state index in [1.54, 1.807) is 0 Å². The lowest BCUT2D eigenvalue weighted by Crippen LogP contribution is -2.49. The molecule has 23 heavy (non-hydrogen) atoms. The van der Waals surface area contributed by atoms with Gasteiger partial charge in [0, 0.05) is 19.3 Å². The maximum absolute atomic E-state index is 13.9. The van der Waals surface area contributed by atoms with Gasteiger partial charge in [-0.25, -0.2) is 17.2 Å². The smallest absolute Gasteiger partial charge is 0.240 e. The van der Waals surface area contributed by atoms with Crippen molar-refractivity contribution in [1.82, 2.24) is 4.90 Å². The average Bonchev–Trinajstić information content (AvgIpc) is 2.45. The van der Waals surface area contributed by atoms with Gasteiger partial charge in [-0.2, -0.15) is 0 Å². The van der Waals surface area contributed by atoms with E-state index in [9.17, 15) is 27.1 Å². The first-order valence-corrected chi connectivity index (χ1v) is 9.16. The zero-order valence-electron chi connectivity index (χ0n) is 12.9. The normalized spacial score (nSPS) is 19.4. The van der Waals surface area contributed by atoms with Gasteiger partial charge in [-0.15, -0.1) is 0 Å². The van der Waals surface area contributed by atoms with Crippen molar-refractivity contribution < 1.29 is 27.1 Å². The lowest BCUT2D eigenvalue weighted by molar-refractivity contribution is -0.135. The number of aliphatic hydroxyl groups is 1. The molecule has 1 fully saturated rings. The number of hydrogen-bond donors (Lipinski definition) is 1. The number of piperidine rings is 1. The van der Waals surface area contributed by atoms with E-state index in [1.165, 1.54) is 17.9 Å². The molecule has 1 atom stereocenters. The van der Waals surface area contributed by atoms with Crippen molar-refractivity contribution in [2.24, 2.45) is 0 Å². The molecule has 2 rings (SSSR count). The van der Waals surface area contributed by atoms with E-state index >= 15 is 0 Å². The van der Waals surface area contributed by atoms with Crippen LogP contribution in [0.4, 0.5) is 8.78 Å². The van der Waals surface area contributed by atoms with E-state index in [2.05, 4.69) is 0 Å². The Bertz CT molecular complexity index is 692. The molecule has 5 nitrogen and oxygen atoms in total. The summed E-state index contributed by atoms with van der Waals surface area (Å²) < 4.78 is 50.6. The lowest BCUT2D eigenvalue weighted by Gasteiger charge is -2.39. The molecule has 0 spiro atoms. The molecule has 128 valence electrons. The first-order chi connectivity index (χ1) is 10.6. The van der Waals surface area contributed by atoms with Crippen LogP contribution in [0.25, 0.3) is 0 Å². The summed E-state index contributed by atoms with van der Waals surface area (Å²) in [4.78, 5) is 13.4. The van der Waals surface area contributed by atoms with Crippen molar-refractivity contribution >= 4 is 15.7 Å². The standard InChI is InChI=1S/C15H19F2NO4S/c1-10(23(2,21)22)14(19)18-8-6-15(20,7-9-18)13-11(16)4-3-5-12(13)17/h3-5,10,20H,6-9H2,1-2H3/t10-/m0/s1. The molecule has 1 aromatic carbocycles. The van der Waals surface area contributed by atoms with Gasteiger partial charge in [0.15, 0.2) is 9.84 Å². The molecule has 0 unspecified atom stereocenters. The monoisotopic (exact) mass is 347 g/mol. The number of halogens is 2. The van der Waals surface area contributed by atoms with E-state index in [-0.39, 0.29) is 25.9 Å². The molecular formula is C15H19F2NO4S. The zero-order chi connectivity index (χ0) is 17.4. The number of carbonyl (C=O) groups is 1. The third-order valence-corrected chi connectivity index (χ3v) is 5.81. The Hall–Kier alpha value is -1.54. The number of hydrogen-bond acceptors (Lipinski definition) is 4. The number of likely N-dealkylation sites (tertiary alicyclic amines) is 1. The molecule has 0 radical (unpaired) electrons.